The normalized spacial score (nSPS) is 11.3. The summed E-state index contributed by atoms with van der Waals surface area (Å²) in [5.41, 5.74) is 5.79. The SMILES string of the molecule is Nc1ccc(S(N)(=O)=O)cc1Oc1cccc(Cl)c1F. The predicted octanol–water partition coefficient (Wildman–Crippen LogP) is 2.50. The van der Waals surface area contributed by atoms with Crippen LogP contribution in [0.5, 0.6) is 11.5 Å². The van der Waals surface area contributed by atoms with E-state index in [1.54, 1.807) is 0 Å². The van der Waals surface area contributed by atoms with Crippen LogP contribution < -0.4 is 15.6 Å². The van der Waals surface area contributed by atoms with Gasteiger partial charge in [0.25, 0.3) is 0 Å². The van der Waals surface area contributed by atoms with Gasteiger partial charge >= 0.3 is 0 Å². The molecule has 2 rings (SSSR count). The summed E-state index contributed by atoms with van der Waals surface area (Å²) in [6.45, 7) is 0. The summed E-state index contributed by atoms with van der Waals surface area (Å²) in [7, 11) is -3.91. The average molecular weight is 317 g/mol. The smallest absolute Gasteiger partial charge is 0.238 e. The zero-order valence-corrected chi connectivity index (χ0v) is 11.6. The van der Waals surface area contributed by atoms with Gasteiger partial charge in [-0.2, -0.15) is 0 Å². The Morgan fingerprint density at radius 2 is 1.85 bits per heavy atom. The van der Waals surface area contributed by atoms with Crippen molar-refractivity contribution in [3.63, 3.8) is 0 Å². The number of sulfonamides is 1. The lowest BCUT2D eigenvalue weighted by Gasteiger charge is -2.11. The second-order valence-corrected chi connectivity index (χ2v) is 5.87. The number of halogens is 2. The van der Waals surface area contributed by atoms with Crippen molar-refractivity contribution in [2.45, 2.75) is 4.90 Å². The fourth-order valence-electron chi connectivity index (χ4n) is 1.46. The van der Waals surface area contributed by atoms with Gasteiger partial charge in [-0.3, -0.25) is 0 Å². The van der Waals surface area contributed by atoms with Crippen molar-refractivity contribution in [2.75, 3.05) is 5.73 Å². The largest absolute Gasteiger partial charge is 0.452 e. The molecule has 4 N–H and O–H groups in total. The van der Waals surface area contributed by atoms with E-state index < -0.39 is 15.8 Å². The van der Waals surface area contributed by atoms with Gasteiger partial charge in [0, 0.05) is 6.07 Å². The van der Waals surface area contributed by atoms with Crippen molar-refractivity contribution in [1.29, 1.82) is 0 Å². The average Bonchev–Trinajstić information content (AvgIpc) is 2.36. The Labute approximate surface area is 120 Å². The molecule has 0 aromatic heterocycles. The van der Waals surface area contributed by atoms with E-state index in [4.69, 9.17) is 27.2 Å². The molecule has 0 atom stereocenters. The molecular formula is C12H10ClFN2O3S. The third kappa shape index (κ3) is 3.01. The molecule has 0 bridgehead atoms. The molecule has 0 radical (unpaired) electrons. The highest BCUT2D eigenvalue weighted by atomic mass is 35.5. The third-order valence-electron chi connectivity index (χ3n) is 2.45. The van der Waals surface area contributed by atoms with Gasteiger partial charge in [-0.05, 0) is 24.3 Å². The molecule has 2 aromatic carbocycles. The van der Waals surface area contributed by atoms with Gasteiger partial charge in [-0.25, -0.2) is 17.9 Å². The number of rotatable bonds is 3. The van der Waals surface area contributed by atoms with E-state index in [1.165, 1.54) is 30.3 Å². The highest BCUT2D eigenvalue weighted by Crippen LogP contribution is 2.33. The lowest BCUT2D eigenvalue weighted by atomic mass is 10.3. The van der Waals surface area contributed by atoms with Crippen molar-refractivity contribution < 1.29 is 17.5 Å². The van der Waals surface area contributed by atoms with Gasteiger partial charge in [0.15, 0.2) is 17.3 Å². The fraction of sp³-hybridized carbons (Fsp3) is 0. The number of hydrogen-bond donors (Lipinski definition) is 2. The summed E-state index contributed by atoms with van der Waals surface area (Å²) in [5.74, 6) is -0.969. The van der Waals surface area contributed by atoms with Crippen LogP contribution in [0.25, 0.3) is 0 Å². The van der Waals surface area contributed by atoms with Crippen LogP contribution in [0.3, 0.4) is 0 Å². The molecule has 0 saturated carbocycles. The van der Waals surface area contributed by atoms with E-state index in [2.05, 4.69) is 0 Å². The van der Waals surface area contributed by atoms with Gasteiger partial charge in [0.1, 0.15) is 0 Å². The first-order chi connectivity index (χ1) is 9.29. The maximum atomic E-state index is 13.7. The summed E-state index contributed by atoms with van der Waals surface area (Å²) >= 11 is 5.62. The molecule has 0 aliphatic carbocycles. The fourth-order valence-corrected chi connectivity index (χ4v) is 2.16. The first-order valence-corrected chi connectivity index (χ1v) is 7.25. The molecule has 5 nitrogen and oxygen atoms in total. The van der Waals surface area contributed by atoms with Crippen molar-refractivity contribution in [3.05, 3.63) is 47.2 Å². The standard InChI is InChI=1S/C12H10ClFN2O3S/c13-8-2-1-3-10(12(8)14)19-11-6-7(20(16,17)18)4-5-9(11)15/h1-6H,15H2,(H2,16,17,18). The summed E-state index contributed by atoms with van der Waals surface area (Å²) in [6, 6.07) is 7.83. The van der Waals surface area contributed by atoms with Gasteiger partial charge in [-0.1, -0.05) is 17.7 Å². The molecule has 20 heavy (non-hydrogen) atoms. The van der Waals surface area contributed by atoms with E-state index in [-0.39, 0.29) is 27.1 Å². The summed E-state index contributed by atoms with van der Waals surface area (Å²) in [5, 5.41) is 4.88. The number of ether oxygens (including phenoxy) is 1. The molecule has 0 amide bonds. The van der Waals surface area contributed by atoms with E-state index >= 15 is 0 Å². The summed E-state index contributed by atoms with van der Waals surface area (Å²) < 4.78 is 41.5. The van der Waals surface area contributed by atoms with Crippen LogP contribution in [-0.4, -0.2) is 8.42 Å². The second kappa shape index (κ2) is 5.28. The molecule has 0 aliphatic rings. The van der Waals surface area contributed by atoms with E-state index in [9.17, 15) is 12.8 Å². The van der Waals surface area contributed by atoms with Crippen LogP contribution in [0, 0.1) is 5.82 Å². The van der Waals surface area contributed by atoms with E-state index in [0.717, 1.165) is 6.07 Å². The van der Waals surface area contributed by atoms with Crippen molar-refractivity contribution in [3.8, 4) is 11.5 Å². The van der Waals surface area contributed by atoms with Gasteiger partial charge in [-0.15, -0.1) is 0 Å². The molecule has 0 fully saturated rings. The van der Waals surface area contributed by atoms with Crippen LogP contribution in [0.4, 0.5) is 10.1 Å². The van der Waals surface area contributed by atoms with Crippen molar-refractivity contribution in [1.82, 2.24) is 0 Å². The Balaban J connectivity index is 2.46. The van der Waals surface area contributed by atoms with Crippen LogP contribution in [0.15, 0.2) is 41.3 Å². The van der Waals surface area contributed by atoms with E-state index in [0.29, 0.717) is 0 Å². The predicted molar refractivity (Wildman–Crippen MR) is 73.7 cm³/mol. The van der Waals surface area contributed by atoms with Crippen LogP contribution in [0.1, 0.15) is 0 Å². The minimum atomic E-state index is -3.91. The molecule has 8 heteroatoms. The first-order valence-electron chi connectivity index (χ1n) is 5.33. The Kier molecular flexibility index (Phi) is 3.85. The number of nitrogens with two attached hydrogens (primary N) is 2. The Bertz CT molecular complexity index is 765. The van der Waals surface area contributed by atoms with E-state index in [1.807, 2.05) is 0 Å². The van der Waals surface area contributed by atoms with Crippen molar-refractivity contribution >= 4 is 27.3 Å². The third-order valence-corrected chi connectivity index (χ3v) is 3.65. The molecule has 2 aromatic rings. The molecule has 106 valence electrons. The number of anilines is 1. The number of nitrogen functional groups attached to an aromatic ring is 1. The number of hydrogen-bond acceptors (Lipinski definition) is 4. The lowest BCUT2D eigenvalue weighted by molar-refractivity contribution is 0.443. The molecule has 0 heterocycles. The highest BCUT2D eigenvalue weighted by molar-refractivity contribution is 7.89. The van der Waals surface area contributed by atoms with Crippen LogP contribution >= 0.6 is 11.6 Å². The number of benzene rings is 2. The topological polar surface area (TPSA) is 95.4 Å². The summed E-state index contributed by atoms with van der Waals surface area (Å²) in [4.78, 5) is -0.191. The zero-order chi connectivity index (χ0) is 14.9. The quantitative estimate of drug-likeness (QED) is 0.850. The van der Waals surface area contributed by atoms with Gasteiger partial charge < -0.3 is 10.5 Å². The van der Waals surface area contributed by atoms with Crippen LogP contribution in [0.2, 0.25) is 5.02 Å². The number of primary sulfonamides is 1. The minimum absolute atomic E-state index is 0.0299. The maximum absolute atomic E-state index is 13.7. The summed E-state index contributed by atoms with van der Waals surface area (Å²) in [6.07, 6.45) is 0. The van der Waals surface area contributed by atoms with Crippen LogP contribution in [-0.2, 0) is 10.0 Å². The second-order valence-electron chi connectivity index (χ2n) is 3.90. The zero-order valence-electron chi connectivity index (χ0n) is 10.0. The van der Waals surface area contributed by atoms with Gasteiger partial charge in [0.05, 0.1) is 15.6 Å². The lowest BCUT2D eigenvalue weighted by Crippen LogP contribution is -2.12. The Hall–Kier alpha value is -1.83. The monoisotopic (exact) mass is 316 g/mol. The highest BCUT2D eigenvalue weighted by Gasteiger charge is 2.14. The minimum Gasteiger partial charge on any atom is -0.452 e. The molecule has 0 spiro atoms. The molecule has 0 saturated heterocycles. The Morgan fingerprint density at radius 1 is 1.15 bits per heavy atom. The Morgan fingerprint density at radius 3 is 2.50 bits per heavy atom. The van der Waals surface area contributed by atoms with Gasteiger partial charge in [0.2, 0.25) is 10.0 Å². The first kappa shape index (κ1) is 14.6. The molecule has 0 aliphatic heterocycles. The molecule has 0 unspecified atom stereocenters. The van der Waals surface area contributed by atoms with Crippen molar-refractivity contribution in [2.24, 2.45) is 5.14 Å². The maximum Gasteiger partial charge on any atom is 0.238 e. The molecular weight excluding hydrogens is 307 g/mol.